The standard InChI is InChI=1S/C7H8BrNS.ClH/c8-7-2-1-6(10-7)5-3-4-9-5;/h1-2,5,9H,3-4H2;1H/t5-;/m0./s1. The average Bonchev–Trinajstić information content (AvgIpc) is 2.10. The lowest BCUT2D eigenvalue weighted by atomic mass is 10.1. The molecule has 0 aromatic carbocycles. The van der Waals surface area contributed by atoms with Gasteiger partial charge in [0.25, 0.3) is 0 Å². The molecule has 0 bridgehead atoms. The Morgan fingerprint density at radius 1 is 1.55 bits per heavy atom. The van der Waals surface area contributed by atoms with E-state index >= 15 is 0 Å². The molecular formula is C7H9BrClNS. The molecule has 1 aromatic heterocycles. The van der Waals surface area contributed by atoms with E-state index in [0.717, 1.165) is 0 Å². The molecule has 1 saturated heterocycles. The quantitative estimate of drug-likeness (QED) is 0.812. The van der Waals surface area contributed by atoms with E-state index in [-0.39, 0.29) is 12.4 Å². The van der Waals surface area contributed by atoms with E-state index in [1.165, 1.54) is 21.6 Å². The van der Waals surface area contributed by atoms with Crippen molar-refractivity contribution in [3.63, 3.8) is 0 Å². The molecule has 2 heterocycles. The van der Waals surface area contributed by atoms with Gasteiger partial charge in [0, 0.05) is 10.9 Å². The van der Waals surface area contributed by atoms with Crippen molar-refractivity contribution >= 4 is 39.7 Å². The number of thiophene rings is 1. The Bertz CT molecular complexity index is 234. The molecule has 4 heteroatoms. The van der Waals surface area contributed by atoms with E-state index < -0.39 is 0 Å². The number of nitrogens with one attached hydrogen (secondary N) is 1. The maximum Gasteiger partial charge on any atom is 0.0701 e. The van der Waals surface area contributed by atoms with E-state index in [0.29, 0.717) is 6.04 Å². The molecule has 1 atom stereocenters. The van der Waals surface area contributed by atoms with Crippen LogP contribution in [0.4, 0.5) is 0 Å². The van der Waals surface area contributed by atoms with Crippen molar-refractivity contribution in [1.82, 2.24) is 5.32 Å². The first-order valence-corrected chi connectivity index (χ1v) is 4.96. The zero-order valence-electron chi connectivity index (χ0n) is 5.84. The van der Waals surface area contributed by atoms with Gasteiger partial charge in [-0.15, -0.1) is 23.7 Å². The van der Waals surface area contributed by atoms with Crippen molar-refractivity contribution in [2.75, 3.05) is 6.54 Å². The summed E-state index contributed by atoms with van der Waals surface area (Å²) in [6, 6.07) is 4.95. The average molecular weight is 255 g/mol. The second-order valence-electron chi connectivity index (χ2n) is 2.44. The summed E-state index contributed by atoms with van der Waals surface area (Å²) in [5, 5.41) is 3.36. The Labute approximate surface area is 84.7 Å². The molecule has 0 aliphatic carbocycles. The number of hydrogen-bond donors (Lipinski definition) is 1. The van der Waals surface area contributed by atoms with Gasteiger partial charge in [-0.2, -0.15) is 0 Å². The smallest absolute Gasteiger partial charge is 0.0701 e. The zero-order chi connectivity index (χ0) is 6.97. The Morgan fingerprint density at radius 2 is 2.27 bits per heavy atom. The minimum atomic E-state index is 0. The van der Waals surface area contributed by atoms with Crippen LogP contribution in [0.3, 0.4) is 0 Å². The molecule has 0 saturated carbocycles. The Hall–Kier alpha value is 0.430. The highest BCUT2D eigenvalue weighted by Crippen LogP contribution is 2.31. The van der Waals surface area contributed by atoms with Crippen LogP contribution in [-0.2, 0) is 0 Å². The molecule has 62 valence electrons. The molecule has 1 aromatic rings. The Kier molecular flexibility index (Phi) is 3.37. The number of rotatable bonds is 1. The van der Waals surface area contributed by atoms with Crippen molar-refractivity contribution in [2.45, 2.75) is 12.5 Å². The predicted octanol–water partition coefficient (Wildman–Crippen LogP) is 2.97. The molecular weight excluding hydrogens is 246 g/mol. The van der Waals surface area contributed by atoms with Crippen LogP contribution in [0, 0.1) is 0 Å². The summed E-state index contributed by atoms with van der Waals surface area (Å²) in [6.45, 7) is 1.18. The summed E-state index contributed by atoms with van der Waals surface area (Å²) in [7, 11) is 0. The van der Waals surface area contributed by atoms with E-state index in [2.05, 4.69) is 33.4 Å². The first-order chi connectivity index (χ1) is 4.86. The van der Waals surface area contributed by atoms with Crippen LogP contribution in [-0.4, -0.2) is 6.54 Å². The molecule has 1 aliphatic rings. The van der Waals surface area contributed by atoms with Crippen LogP contribution in [0.1, 0.15) is 17.3 Å². The van der Waals surface area contributed by atoms with Gasteiger partial charge in [0.05, 0.1) is 3.79 Å². The lowest BCUT2D eigenvalue weighted by molar-refractivity contribution is 0.389. The van der Waals surface area contributed by atoms with Gasteiger partial charge in [0.2, 0.25) is 0 Å². The highest BCUT2D eigenvalue weighted by Gasteiger charge is 2.19. The van der Waals surface area contributed by atoms with Crippen LogP contribution in [0.25, 0.3) is 0 Å². The van der Waals surface area contributed by atoms with E-state index in [4.69, 9.17) is 0 Å². The maximum absolute atomic E-state index is 3.44. The van der Waals surface area contributed by atoms with Crippen LogP contribution in [0.2, 0.25) is 0 Å². The van der Waals surface area contributed by atoms with Gasteiger partial charge in [-0.3, -0.25) is 0 Å². The minimum absolute atomic E-state index is 0. The van der Waals surface area contributed by atoms with Gasteiger partial charge < -0.3 is 5.32 Å². The van der Waals surface area contributed by atoms with Gasteiger partial charge in [0.1, 0.15) is 0 Å². The minimum Gasteiger partial charge on any atom is -0.309 e. The molecule has 11 heavy (non-hydrogen) atoms. The first kappa shape index (κ1) is 9.52. The summed E-state index contributed by atoms with van der Waals surface area (Å²) >= 11 is 5.27. The summed E-state index contributed by atoms with van der Waals surface area (Å²) in [5.74, 6) is 0. The van der Waals surface area contributed by atoms with E-state index in [1.807, 2.05) is 11.3 Å². The normalized spacial score (nSPS) is 22.1. The molecule has 1 N–H and O–H groups in total. The van der Waals surface area contributed by atoms with Gasteiger partial charge in [-0.05, 0) is 41.0 Å². The van der Waals surface area contributed by atoms with E-state index in [1.54, 1.807) is 0 Å². The van der Waals surface area contributed by atoms with Crippen molar-refractivity contribution in [2.24, 2.45) is 0 Å². The molecule has 0 unspecified atom stereocenters. The summed E-state index contributed by atoms with van der Waals surface area (Å²) in [6.07, 6.45) is 1.30. The maximum atomic E-state index is 3.44. The van der Waals surface area contributed by atoms with Gasteiger partial charge in [-0.1, -0.05) is 0 Å². The fourth-order valence-corrected chi connectivity index (χ4v) is 2.58. The van der Waals surface area contributed by atoms with Crippen molar-refractivity contribution in [3.05, 3.63) is 20.8 Å². The van der Waals surface area contributed by atoms with Crippen molar-refractivity contribution in [1.29, 1.82) is 0 Å². The van der Waals surface area contributed by atoms with Crippen molar-refractivity contribution < 1.29 is 0 Å². The second-order valence-corrected chi connectivity index (χ2v) is 4.93. The summed E-state index contributed by atoms with van der Waals surface area (Å²) in [4.78, 5) is 1.46. The molecule has 0 amide bonds. The Balaban J connectivity index is 0.000000605. The fraction of sp³-hybridized carbons (Fsp3) is 0.429. The highest BCUT2D eigenvalue weighted by molar-refractivity contribution is 9.11. The zero-order valence-corrected chi connectivity index (χ0v) is 9.06. The lowest BCUT2D eigenvalue weighted by Crippen LogP contribution is -2.34. The van der Waals surface area contributed by atoms with Gasteiger partial charge >= 0.3 is 0 Å². The predicted molar refractivity (Wildman–Crippen MR) is 54.6 cm³/mol. The third kappa shape index (κ3) is 1.96. The van der Waals surface area contributed by atoms with Gasteiger partial charge in [0.15, 0.2) is 0 Å². The Morgan fingerprint density at radius 3 is 2.64 bits per heavy atom. The summed E-state index contributed by atoms with van der Waals surface area (Å²) in [5.41, 5.74) is 0. The first-order valence-electron chi connectivity index (χ1n) is 3.35. The second kappa shape index (κ2) is 3.90. The van der Waals surface area contributed by atoms with Crippen LogP contribution >= 0.6 is 39.7 Å². The number of halogens is 2. The molecule has 0 spiro atoms. The van der Waals surface area contributed by atoms with Crippen LogP contribution < -0.4 is 5.32 Å². The third-order valence-electron chi connectivity index (χ3n) is 1.76. The monoisotopic (exact) mass is 253 g/mol. The third-order valence-corrected chi connectivity index (χ3v) is 3.50. The highest BCUT2D eigenvalue weighted by atomic mass is 79.9. The van der Waals surface area contributed by atoms with Crippen LogP contribution in [0.15, 0.2) is 15.9 Å². The van der Waals surface area contributed by atoms with Crippen molar-refractivity contribution in [3.8, 4) is 0 Å². The SMILES string of the molecule is Brc1ccc([C@@H]2CCN2)s1.Cl. The lowest BCUT2D eigenvalue weighted by Gasteiger charge is -2.26. The molecule has 0 radical (unpaired) electrons. The van der Waals surface area contributed by atoms with E-state index in [9.17, 15) is 0 Å². The molecule has 1 fully saturated rings. The van der Waals surface area contributed by atoms with Gasteiger partial charge in [-0.25, -0.2) is 0 Å². The summed E-state index contributed by atoms with van der Waals surface area (Å²) < 4.78 is 1.23. The number of hydrogen-bond acceptors (Lipinski definition) is 2. The molecule has 2 rings (SSSR count). The largest absolute Gasteiger partial charge is 0.309 e. The molecule has 1 aliphatic heterocycles. The molecule has 1 nitrogen and oxygen atoms in total. The fourth-order valence-electron chi connectivity index (χ4n) is 1.05. The topological polar surface area (TPSA) is 12.0 Å². The van der Waals surface area contributed by atoms with Crippen LogP contribution in [0.5, 0.6) is 0 Å².